The van der Waals surface area contributed by atoms with E-state index in [9.17, 15) is 9.59 Å². The number of rotatable bonds is 9. The number of methoxy groups -OCH3 is 2. The molecule has 8 heteroatoms. The maximum atomic E-state index is 12.9. The summed E-state index contributed by atoms with van der Waals surface area (Å²) in [6.07, 6.45) is 0. The van der Waals surface area contributed by atoms with Gasteiger partial charge in [0, 0.05) is 18.7 Å². The van der Waals surface area contributed by atoms with Gasteiger partial charge in [0.05, 0.1) is 14.2 Å². The van der Waals surface area contributed by atoms with Crippen LogP contribution in [0.3, 0.4) is 0 Å². The Hall–Kier alpha value is -2.77. The lowest BCUT2D eigenvalue weighted by Gasteiger charge is -2.26. The highest BCUT2D eigenvalue weighted by atomic mass is 16.5. The summed E-state index contributed by atoms with van der Waals surface area (Å²) in [5, 5.41) is 3.86. The van der Waals surface area contributed by atoms with Crippen LogP contribution in [-0.4, -0.2) is 47.8 Å². The van der Waals surface area contributed by atoms with Gasteiger partial charge in [-0.2, -0.15) is 0 Å². The molecule has 0 radical (unpaired) electrons. The minimum absolute atomic E-state index is 0.133. The molecular formula is C20H29N3O5. The Morgan fingerprint density at radius 2 is 1.71 bits per heavy atom. The van der Waals surface area contributed by atoms with Crippen molar-refractivity contribution in [2.45, 2.75) is 34.2 Å². The molecule has 0 saturated carbocycles. The van der Waals surface area contributed by atoms with Gasteiger partial charge >= 0.3 is 5.76 Å². The van der Waals surface area contributed by atoms with Crippen molar-refractivity contribution in [3.05, 3.63) is 28.7 Å². The maximum absolute atomic E-state index is 12.9. The molecule has 0 aliphatic rings. The van der Waals surface area contributed by atoms with E-state index in [-0.39, 0.29) is 18.3 Å². The first-order chi connectivity index (χ1) is 13.3. The van der Waals surface area contributed by atoms with Crippen molar-refractivity contribution in [1.29, 1.82) is 0 Å². The minimum Gasteiger partial charge on any atom is -0.493 e. The maximum Gasteiger partial charge on any atom is 0.442 e. The zero-order valence-electron chi connectivity index (χ0n) is 17.4. The highest BCUT2D eigenvalue weighted by Crippen LogP contribution is 2.31. The summed E-state index contributed by atoms with van der Waals surface area (Å²) in [6, 6.07) is 5.14. The first-order valence-electron chi connectivity index (χ1n) is 9.33. The van der Waals surface area contributed by atoms with Gasteiger partial charge in [-0.15, -0.1) is 0 Å². The van der Waals surface area contributed by atoms with Gasteiger partial charge in [0.15, 0.2) is 17.3 Å². The number of benzene rings is 1. The first-order valence-corrected chi connectivity index (χ1v) is 9.33. The second kappa shape index (κ2) is 9.43. The van der Waals surface area contributed by atoms with E-state index >= 15 is 0 Å². The normalized spacial score (nSPS) is 11.1. The van der Waals surface area contributed by atoms with Crippen LogP contribution in [0.25, 0.3) is 11.4 Å². The van der Waals surface area contributed by atoms with Gasteiger partial charge in [-0.05, 0) is 30.0 Å². The third-order valence-electron chi connectivity index (χ3n) is 4.15. The van der Waals surface area contributed by atoms with Crippen molar-refractivity contribution in [3.8, 4) is 22.9 Å². The van der Waals surface area contributed by atoms with Crippen molar-refractivity contribution >= 4 is 5.91 Å². The molecule has 0 atom stereocenters. The Kier molecular flexibility index (Phi) is 7.25. The van der Waals surface area contributed by atoms with E-state index in [4.69, 9.17) is 14.0 Å². The smallest absolute Gasteiger partial charge is 0.442 e. The molecule has 0 unspecified atom stereocenters. The molecule has 28 heavy (non-hydrogen) atoms. The summed E-state index contributed by atoms with van der Waals surface area (Å²) in [6.45, 7) is 9.35. The quantitative estimate of drug-likeness (QED) is 0.653. The number of carbonyl (C=O) groups excluding carboxylic acids is 1. The number of carbonyl (C=O) groups is 1. The van der Waals surface area contributed by atoms with Crippen LogP contribution < -0.4 is 15.2 Å². The molecule has 0 bridgehead atoms. The second-order valence-electron chi connectivity index (χ2n) is 7.51. The standard InChI is InChI=1S/C20H29N3O5/c1-13(2)10-22(11-14(3)4)18(24)12-23-19(21-28-20(23)25)15-7-8-16(26-5)17(9-15)27-6/h7-9,13-14H,10-12H2,1-6H3. The minimum atomic E-state index is -0.674. The zero-order chi connectivity index (χ0) is 20.8. The van der Waals surface area contributed by atoms with Gasteiger partial charge in [0.1, 0.15) is 6.54 Å². The van der Waals surface area contributed by atoms with E-state index in [1.807, 2.05) is 0 Å². The molecule has 0 spiro atoms. The summed E-state index contributed by atoms with van der Waals surface area (Å²) >= 11 is 0. The molecule has 8 nitrogen and oxygen atoms in total. The van der Waals surface area contributed by atoms with E-state index in [1.54, 1.807) is 30.2 Å². The third kappa shape index (κ3) is 5.15. The number of aromatic nitrogens is 2. The second-order valence-corrected chi connectivity index (χ2v) is 7.51. The first kappa shape index (κ1) is 21.5. The van der Waals surface area contributed by atoms with Crippen LogP contribution in [0, 0.1) is 11.8 Å². The number of nitrogens with zero attached hydrogens (tertiary/aromatic N) is 3. The predicted octanol–water partition coefficient (Wildman–Crippen LogP) is 2.66. The lowest BCUT2D eigenvalue weighted by molar-refractivity contribution is -0.133. The third-order valence-corrected chi connectivity index (χ3v) is 4.15. The highest BCUT2D eigenvalue weighted by Gasteiger charge is 2.22. The van der Waals surface area contributed by atoms with Crippen molar-refractivity contribution in [3.63, 3.8) is 0 Å². The van der Waals surface area contributed by atoms with Crippen molar-refractivity contribution in [2.75, 3.05) is 27.3 Å². The molecule has 1 heterocycles. The van der Waals surface area contributed by atoms with E-state index in [0.717, 1.165) is 0 Å². The van der Waals surface area contributed by atoms with Crippen molar-refractivity contribution in [2.24, 2.45) is 11.8 Å². The molecule has 2 aromatic rings. The van der Waals surface area contributed by atoms with Crippen LogP contribution in [-0.2, 0) is 11.3 Å². The Balaban J connectivity index is 2.34. The molecular weight excluding hydrogens is 362 g/mol. The van der Waals surface area contributed by atoms with Crippen LogP contribution in [0.5, 0.6) is 11.5 Å². The molecule has 154 valence electrons. The summed E-state index contributed by atoms with van der Waals surface area (Å²) in [5.74, 6) is 1.16. The summed E-state index contributed by atoms with van der Waals surface area (Å²) < 4.78 is 16.6. The molecule has 1 amide bonds. The Morgan fingerprint density at radius 1 is 1.11 bits per heavy atom. The van der Waals surface area contributed by atoms with Crippen molar-refractivity contribution in [1.82, 2.24) is 14.6 Å². The van der Waals surface area contributed by atoms with Crippen molar-refractivity contribution < 1.29 is 18.8 Å². The van der Waals surface area contributed by atoms with E-state index < -0.39 is 5.76 Å². The number of ether oxygens (including phenoxy) is 2. The molecule has 2 rings (SSSR count). The molecule has 0 aliphatic heterocycles. The highest BCUT2D eigenvalue weighted by molar-refractivity contribution is 5.76. The van der Waals surface area contributed by atoms with E-state index in [2.05, 4.69) is 32.9 Å². The summed E-state index contributed by atoms with van der Waals surface area (Å²) in [5.41, 5.74) is 0.593. The monoisotopic (exact) mass is 391 g/mol. The fraction of sp³-hybridized carbons (Fsp3) is 0.550. The Morgan fingerprint density at radius 3 is 2.25 bits per heavy atom. The van der Waals surface area contributed by atoms with Gasteiger partial charge in [-0.1, -0.05) is 32.9 Å². The number of hydrogen-bond donors (Lipinski definition) is 0. The lowest BCUT2D eigenvalue weighted by atomic mass is 10.1. The molecule has 0 N–H and O–H groups in total. The average molecular weight is 391 g/mol. The zero-order valence-corrected chi connectivity index (χ0v) is 17.4. The summed E-state index contributed by atoms with van der Waals surface area (Å²) in [7, 11) is 3.07. The number of hydrogen-bond acceptors (Lipinski definition) is 6. The SMILES string of the molecule is COc1ccc(-c2noc(=O)n2CC(=O)N(CC(C)C)CC(C)C)cc1OC. The molecule has 1 aromatic heterocycles. The molecule has 0 fully saturated rings. The molecule has 1 aromatic carbocycles. The lowest BCUT2D eigenvalue weighted by Crippen LogP contribution is -2.40. The Bertz CT molecular complexity index is 844. The van der Waals surface area contributed by atoms with Gasteiger partial charge < -0.3 is 14.4 Å². The topological polar surface area (TPSA) is 86.8 Å². The van der Waals surface area contributed by atoms with Gasteiger partial charge in [-0.25, -0.2) is 9.36 Å². The number of amides is 1. The van der Waals surface area contributed by atoms with Gasteiger partial charge in [-0.3, -0.25) is 9.32 Å². The van der Waals surface area contributed by atoms with Gasteiger partial charge in [0.25, 0.3) is 0 Å². The predicted molar refractivity (Wildman–Crippen MR) is 106 cm³/mol. The van der Waals surface area contributed by atoms with Crippen LogP contribution in [0.15, 0.2) is 27.5 Å². The molecule has 0 saturated heterocycles. The average Bonchev–Trinajstić information content (AvgIpc) is 3.00. The van der Waals surface area contributed by atoms with E-state index in [0.29, 0.717) is 42.0 Å². The fourth-order valence-electron chi connectivity index (χ4n) is 2.99. The van der Waals surface area contributed by atoms with Crippen LogP contribution in [0.1, 0.15) is 27.7 Å². The van der Waals surface area contributed by atoms with Crippen LogP contribution >= 0.6 is 0 Å². The summed E-state index contributed by atoms with van der Waals surface area (Å²) in [4.78, 5) is 26.9. The fourth-order valence-corrected chi connectivity index (χ4v) is 2.99. The largest absolute Gasteiger partial charge is 0.493 e. The van der Waals surface area contributed by atoms with Crippen LogP contribution in [0.2, 0.25) is 0 Å². The molecule has 0 aliphatic carbocycles. The Labute approximate surface area is 165 Å². The van der Waals surface area contributed by atoms with Gasteiger partial charge in [0.2, 0.25) is 5.91 Å². The van der Waals surface area contributed by atoms with Crippen LogP contribution in [0.4, 0.5) is 0 Å². The van der Waals surface area contributed by atoms with E-state index in [1.165, 1.54) is 11.7 Å².